The molecule has 0 atom stereocenters. The highest BCUT2D eigenvalue weighted by atomic mass is 32.2. The van der Waals surface area contributed by atoms with E-state index in [1.807, 2.05) is 11.4 Å². The third-order valence-electron chi connectivity index (χ3n) is 5.72. The van der Waals surface area contributed by atoms with Gasteiger partial charge in [-0.05, 0) is 37.8 Å². The van der Waals surface area contributed by atoms with Crippen molar-refractivity contribution in [2.75, 3.05) is 26.2 Å². The van der Waals surface area contributed by atoms with Crippen LogP contribution in [0.15, 0.2) is 40.7 Å². The lowest BCUT2D eigenvalue weighted by molar-refractivity contribution is 0.0584. The second kappa shape index (κ2) is 8.79. The Kier molecular flexibility index (Phi) is 6.15. The number of thiazole rings is 1. The minimum atomic E-state index is -3.63. The number of nitrogens with zero attached hydrogens (tertiary/aromatic N) is 4. The molecule has 2 aliphatic rings. The minimum absolute atomic E-state index is 0.112. The molecule has 0 radical (unpaired) electrons. The maximum Gasteiger partial charge on any atom is 0.273 e. The van der Waals surface area contributed by atoms with Crippen LogP contribution in [-0.4, -0.2) is 60.9 Å². The number of benzene rings is 1. The van der Waals surface area contributed by atoms with Crippen LogP contribution in [0.5, 0.6) is 5.19 Å². The Labute approximate surface area is 175 Å². The Hall–Kier alpha value is -1.99. The zero-order chi connectivity index (χ0) is 20.3. The van der Waals surface area contributed by atoms with Crippen molar-refractivity contribution < 1.29 is 13.2 Å². The first-order valence-electron chi connectivity index (χ1n) is 9.87. The quantitative estimate of drug-likeness (QED) is 0.722. The van der Waals surface area contributed by atoms with Gasteiger partial charge in [0.05, 0.1) is 10.5 Å². The molecule has 0 N–H and O–H groups in total. The molecule has 1 aromatic carbocycles. The van der Waals surface area contributed by atoms with E-state index in [0.717, 1.165) is 44.0 Å². The van der Waals surface area contributed by atoms with Crippen molar-refractivity contribution >= 4 is 21.4 Å². The SMILES string of the molecule is N#Cc1ccccc1S(=O)(=O)N1CCC(N2CCC(Oc3nccs3)CC2)CC1. The van der Waals surface area contributed by atoms with Crippen molar-refractivity contribution in [3.63, 3.8) is 0 Å². The highest BCUT2D eigenvalue weighted by Crippen LogP contribution is 2.27. The molecule has 154 valence electrons. The molecule has 1 aromatic heterocycles. The van der Waals surface area contributed by atoms with E-state index in [1.54, 1.807) is 24.4 Å². The minimum Gasteiger partial charge on any atom is -0.467 e. The zero-order valence-electron chi connectivity index (χ0n) is 16.1. The predicted octanol–water partition coefficient (Wildman–Crippen LogP) is 2.71. The van der Waals surface area contributed by atoms with Gasteiger partial charge in [-0.15, -0.1) is 0 Å². The van der Waals surface area contributed by atoms with Crippen LogP contribution in [0, 0.1) is 11.3 Å². The van der Waals surface area contributed by atoms with Crippen LogP contribution >= 0.6 is 11.3 Å². The first-order valence-corrected chi connectivity index (χ1v) is 12.2. The third kappa shape index (κ3) is 4.46. The molecular weight excluding hydrogens is 408 g/mol. The largest absolute Gasteiger partial charge is 0.467 e. The third-order valence-corrected chi connectivity index (χ3v) is 8.34. The molecule has 0 bridgehead atoms. The highest BCUT2D eigenvalue weighted by Gasteiger charge is 2.34. The van der Waals surface area contributed by atoms with Crippen molar-refractivity contribution in [2.24, 2.45) is 0 Å². The average molecular weight is 433 g/mol. The number of piperidine rings is 2. The van der Waals surface area contributed by atoms with Crippen LogP contribution < -0.4 is 4.74 Å². The lowest BCUT2D eigenvalue weighted by atomic mass is 10.00. The summed E-state index contributed by atoms with van der Waals surface area (Å²) in [6.45, 7) is 2.90. The Morgan fingerprint density at radius 1 is 1.10 bits per heavy atom. The fourth-order valence-corrected chi connectivity index (χ4v) is 6.30. The second-order valence-corrected chi connectivity index (χ2v) is 10.2. The number of nitriles is 1. The summed E-state index contributed by atoms with van der Waals surface area (Å²) in [5.74, 6) is 0. The van der Waals surface area contributed by atoms with Crippen LogP contribution in [0.1, 0.15) is 31.2 Å². The van der Waals surface area contributed by atoms with Gasteiger partial charge in [0.2, 0.25) is 10.0 Å². The highest BCUT2D eigenvalue weighted by molar-refractivity contribution is 7.89. The zero-order valence-corrected chi connectivity index (χ0v) is 17.7. The summed E-state index contributed by atoms with van der Waals surface area (Å²) in [5.41, 5.74) is 0.205. The van der Waals surface area contributed by atoms with E-state index < -0.39 is 10.0 Å². The number of likely N-dealkylation sites (tertiary alicyclic amines) is 1. The summed E-state index contributed by atoms with van der Waals surface area (Å²) in [4.78, 5) is 6.77. The van der Waals surface area contributed by atoms with E-state index in [9.17, 15) is 13.7 Å². The monoisotopic (exact) mass is 432 g/mol. The molecule has 0 aliphatic carbocycles. The first-order chi connectivity index (χ1) is 14.1. The number of rotatable bonds is 5. The van der Waals surface area contributed by atoms with Gasteiger partial charge in [-0.2, -0.15) is 9.57 Å². The second-order valence-electron chi connectivity index (χ2n) is 7.39. The summed E-state index contributed by atoms with van der Waals surface area (Å²) in [6, 6.07) is 8.81. The van der Waals surface area contributed by atoms with Crippen LogP contribution in [0.2, 0.25) is 0 Å². The molecule has 29 heavy (non-hydrogen) atoms. The molecule has 2 saturated heterocycles. The number of ether oxygens (including phenoxy) is 1. The average Bonchev–Trinajstić information content (AvgIpc) is 3.27. The molecule has 4 rings (SSSR count). The molecule has 2 fully saturated rings. The summed E-state index contributed by atoms with van der Waals surface area (Å²) < 4.78 is 33.4. The Morgan fingerprint density at radius 3 is 2.48 bits per heavy atom. The molecule has 0 spiro atoms. The molecule has 3 heterocycles. The predicted molar refractivity (Wildman–Crippen MR) is 110 cm³/mol. The summed E-state index contributed by atoms with van der Waals surface area (Å²) >= 11 is 1.52. The van der Waals surface area contributed by atoms with Gasteiger partial charge in [0.1, 0.15) is 12.2 Å². The van der Waals surface area contributed by atoms with Crippen molar-refractivity contribution in [2.45, 2.75) is 42.7 Å². The van der Waals surface area contributed by atoms with E-state index in [4.69, 9.17) is 4.74 Å². The van der Waals surface area contributed by atoms with Crippen molar-refractivity contribution in [3.05, 3.63) is 41.4 Å². The van der Waals surface area contributed by atoms with E-state index in [-0.39, 0.29) is 16.6 Å². The van der Waals surface area contributed by atoms with Gasteiger partial charge in [0.15, 0.2) is 0 Å². The molecule has 9 heteroatoms. The summed E-state index contributed by atoms with van der Waals surface area (Å²) in [6.07, 6.45) is 5.52. The maximum absolute atomic E-state index is 13.0. The number of hydrogen-bond acceptors (Lipinski definition) is 7. The van der Waals surface area contributed by atoms with Gasteiger partial charge in [-0.1, -0.05) is 23.5 Å². The van der Waals surface area contributed by atoms with Crippen LogP contribution in [0.3, 0.4) is 0 Å². The Balaban J connectivity index is 1.31. The lowest BCUT2D eigenvalue weighted by Crippen LogP contribution is -2.50. The van der Waals surface area contributed by atoms with Gasteiger partial charge in [0.25, 0.3) is 5.19 Å². The summed E-state index contributed by atoms with van der Waals surface area (Å²) in [7, 11) is -3.63. The Morgan fingerprint density at radius 2 is 1.83 bits per heavy atom. The van der Waals surface area contributed by atoms with Gasteiger partial charge in [-0.25, -0.2) is 13.4 Å². The molecule has 2 aliphatic heterocycles. The molecule has 2 aromatic rings. The smallest absolute Gasteiger partial charge is 0.273 e. The number of sulfonamides is 1. The summed E-state index contributed by atoms with van der Waals surface area (Å²) in [5, 5.41) is 11.9. The topological polar surface area (TPSA) is 86.5 Å². The van der Waals surface area contributed by atoms with E-state index in [1.165, 1.54) is 21.7 Å². The molecule has 0 amide bonds. The van der Waals surface area contributed by atoms with Crippen molar-refractivity contribution in [1.82, 2.24) is 14.2 Å². The van der Waals surface area contributed by atoms with E-state index in [0.29, 0.717) is 19.1 Å². The van der Waals surface area contributed by atoms with Gasteiger partial charge in [-0.3, -0.25) is 0 Å². The molecule has 0 unspecified atom stereocenters. The van der Waals surface area contributed by atoms with Crippen molar-refractivity contribution in [1.29, 1.82) is 5.26 Å². The number of aromatic nitrogens is 1. The molecule has 7 nitrogen and oxygen atoms in total. The van der Waals surface area contributed by atoms with E-state index in [2.05, 4.69) is 9.88 Å². The van der Waals surface area contributed by atoms with Crippen molar-refractivity contribution in [3.8, 4) is 11.3 Å². The van der Waals surface area contributed by atoms with Crippen LogP contribution in [-0.2, 0) is 10.0 Å². The fourth-order valence-electron chi connectivity index (χ4n) is 4.14. The Bertz CT molecular complexity index is 956. The van der Waals surface area contributed by atoms with Crippen LogP contribution in [0.25, 0.3) is 0 Å². The standard InChI is InChI=1S/C20H24N4O3S2/c21-15-16-3-1-2-4-19(16)29(25,26)24-12-5-17(6-13-24)23-10-7-18(8-11-23)27-20-22-9-14-28-20/h1-4,9,14,17-18H,5-8,10-13H2. The normalized spacial score (nSPS) is 20.4. The maximum atomic E-state index is 13.0. The fraction of sp³-hybridized carbons (Fsp3) is 0.500. The van der Waals surface area contributed by atoms with E-state index >= 15 is 0 Å². The molecule has 0 saturated carbocycles. The first kappa shape index (κ1) is 20.3. The van der Waals surface area contributed by atoms with Gasteiger partial charge < -0.3 is 9.64 Å². The lowest BCUT2D eigenvalue weighted by Gasteiger charge is -2.41. The van der Waals surface area contributed by atoms with Crippen LogP contribution in [0.4, 0.5) is 0 Å². The molecular formula is C20H24N4O3S2. The van der Waals surface area contributed by atoms with Gasteiger partial charge >= 0.3 is 0 Å². The van der Waals surface area contributed by atoms with Gasteiger partial charge in [0, 0.05) is 43.8 Å². The number of hydrogen-bond donors (Lipinski definition) is 0.